The molecule has 0 saturated carbocycles. The molecule has 0 bridgehead atoms. The molecular formula is C37H39BrN4O4. The molecule has 1 aliphatic heterocycles. The molecule has 238 valence electrons. The van der Waals surface area contributed by atoms with E-state index in [1.807, 2.05) is 55.2 Å². The van der Waals surface area contributed by atoms with Crippen molar-refractivity contribution in [1.82, 2.24) is 14.8 Å². The zero-order valence-electron chi connectivity index (χ0n) is 26.2. The van der Waals surface area contributed by atoms with Crippen LogP contribution in [0.15, 0.2) is 85.1 Å². The van der Waals surface area contributed by atoms with Gasteiger partial charge in [-0.2, -0.15) is 5.26 Å². The Morgan fingerprint density at radius 2 is 1.59 bits per heavy atom. The van der Waals surface area contributed by atoms with E-state index in [2.05, 4.69) is 40.2 Å². The van der Waals surface area contributed by atoms with E-state index in [-0.39, 0.29) is 29.5 Å². The third-order valence-corrected chi connectivity index (χ3v) is 7.82. The van der Waals surface area contributed by atoms with Crippen LogP contribution < -0.4 is 9.47 Å². The van der Waals surface area contributed by atoms with Gasteiger partial charge in [0.2, 0.25) is 11.8 Å². The van der Waals surface area contributed by atoms with Crippen LogP contribution >= 0.6 is 17.0 Å². The summed E-state index contributed by atoms with van der Waals surface area (Å²) in [5.41, 5.74) is 6.80. The summed E-state index contributed by atoms with van der Waals surface area (Å²) in [7, 11) is 0. The van der Waals surface area contributed by atoms with Gasteiger partial charge in [-0.25, -0.2) is 4.98 Å². The highest BCUT2D eigenvalue weighted by molar-refractivity contribution is 8.93. The predicted molar refractivity (Wildman–Crippen MR) is 184 cm³/mol. The molecular weight excluding hydrogens is 644 g/mol. The first-order chi connectivity index (χ1) is 21.9. The Balaban J connectivity index is 0.00000480. The Kier molecular flexibility index (Phi) is 12.5. The number of aliphatic hydroxyl groups excluding tert-OH is 1. The molecule has 5 rings (SSSR count). The number of aromatic nitrogens is 1. The average Bonchev–Trinajstić information content (AvgIpc) is 3.06. The molecule has 0 atom stereocenters. The monoisotopic (exact) mass is 682 g/mol. The average molecular weight is 684 g/mol. The van der Waals surface area contributed by atoms with E-state index < -0.39 is 0 Å². The lowest BCUT2D eigenvalue weighted by Crippen LogP contribution is -2.47. The summed E-state index contributed by atoms with van der Waals surface area (Å²) in [6.07, 6.45) is 5.83. The van der Waals surface area contributed by atoms with Gasteiger partial charge >= 0.3 is 0 Å². The van der Waals surface area contributed by atoms with Crippen molar-refractivity contribution >= 4 is 29.0 Å². The van der Waals surface area contributed by atoms with Gasteiger partial charge in [-0.3, -0.25) is 9.69 Å². The molecule has 1 N–H and O–H groups in total. The van der Waals surface area contributed by atoms with Crippen LogP contribution in [-0.2, 0) is 24.4 Å². The molecule has 0 radical (unpaired) electrons. The van der Waals surface area contributed by atoms with Crippen molar-refractivity contribution in [2.45, 2.75) is 33.4 Å². The second-order valence-corrected chi connectivity index (χ2v) is 11.2. The number of aliphatic hydroxyl groups is 1. The lowest BCUT2D eigenvalue weighted by Gasteiger charge is -2.34. The van der Waals surface area contributed by atoms with Crippen LogP contribution in [0.3, 0.4) is 0 Å². The molecule has 1 saturated heterocycles. The van der Waals surface area contributed by atoms with Gasteiger partial charge in [-0.05, 0) is 90.1 Å². The largest absolute Gasteiger partial charge is 0.487 e. The van der Waals surface area contributed by atoms with E-state index in [1.54, 1.807) is 30.5 Å². The van der Waals surface area contributed by atoms with E-state index in [1.165, 1.54) is 5.56 Å². The molecule has 0 aliphatic carbocycles. The Morgan fingerprint density at radius 1 is 0.935 bits per heavy atom. The van der Waals surface area contributed by atoms with Gasteiger partial charge in [0.25, 0.3) is 0 Å². The van der Waals surface area contributed by atoms with Crippen molar-refractivity contribution in [3.8, 4) is 23.4 Å². The molecule has 9 heteroatoms. The maximum Gasteiger partial charge on any atom is 0.246 e. The van der Waals surface area contributed by atoms with E-state index in [0.29, 0.717) is 43.3 Å². The van der Waals surface area contributed by atoms with E-state index in [9.17, 15) is 4.79 Å². The minimum absolute atomic E-state index is 0. The van der Waals surface area contributed by atoms with Gasteiger partial charge < -0.3 is 19.5 Å². The highest BCUT2D eigenvalue weighted by Crippen LogP contribution is 2.30. The zero-order chi connectivity index (χ0) is 31.6. The van der Waals surface area contributed by atoms with Gasteiger partial charge in [-0.15, -0.1) is 17.0 Å². The van der Waals surface area contributed by atoms with Crippen LogP contribution in [0.2, 0.25) is 0 Å². The summed E-state index contributed by atoms with van der Waals surface area (Å²) in [5, 5.41) is 18.0. The number of nitrogens with zero attached hydrogens (tertiary/aromatic N) is 4. The number of aryl methyl sites for hydroxylation is 2. The third-order valence-electron chi connectivity index (χ3n) is 7.82. The van der Waals surface area contributed by atoms with Crippen molar-refractivity contribution in [3.63, 3.8) is 0 Å². The number of rotatable bonds is 11. The summed E-state index contributed by atoms with van der Waals surface area (Å²) in [4.78, 5) is 21.6. The number of ether oxygens (including phenoxy) is 2. The minimum atomic E-state index is 0. The lowest BCUT2D eigenvalue weighted by atomic mass is 10.1. The minimum Gasteiger partial charge on any atom is -0.487 e. The van der Waals surface area contributed by atoms with Crippen molar-refractivity contribution < 1.29 is 19.4 Å². The van der Waals surface area contributed by atoms with Crippen LogP contribution in [0.5, 0.6) is 17.4 Å². The standard InChI is InChI=1S/C37H38N4O4.BrH/c1-27-21-33(11-14-36(43)41-18-16-40(17-19-41)25-31-7-3-29(4-8-31)15-20-42)22-28(2)37(27)45-35-13-12-34(24-39-35)44-26-32-9-5-30(23-38)6-10-32;/h3-14,21-22,24,42H,15-20,25-26H2,1-2H3;1H/b14-11+;. The van der Waals surface area contributed by atoms with Crippen LogP contribution in [0.1, 0.15) is 38.9 Å². The number of pyridine rings is 1. The number of halogens is 1. The number of carbonyl (C=O) groups excluding carboxylic acids is 1. The summed E-state index contributed by atoms with van der Waals surface area (Å²) < 4.78 is 11.9. The number of amides is 1. The first kappa shape index (κ1) is 34.4. The molecule has 0 unspecified atom stereocenters. The quantitative estimate of drug-likeness (QED) is 0.183. The van der Waals surface area contributed by atoms with Gasteiger partial charge in [0.1, 0.15) is 18.1 Å². The smallest absolute Gasteiger partial charge is 0.246 e. The first-order valence-electron chi connectivity index (χ1n) is 15.1. The Labute approximate surface area is 281 Å². The highest BCUT2D eigenvalue weighted by atomic mass is 79.9. The Morgan fingerprint density at radius 3 is 2.20 bits per heavy atom. The second kappa shape index (κ2) is 16.7. The van der Waals surface area contributed by atoms with Gasteiger partial charge in [-0.1, -0.05) is 36.4 Å². The molecule has 8 nitrogen and oxygen atoms in total. The second-order valence-electron chi connectivity index (χ2n) is 11.2. The molecule has 46 heavy (non-hydrogen) atoms. The summed E-state index contributed by atoms with van der Waals surface area (Å²) in [5.74, 6) is 1.83. The lowest BCUT2D eigenvalue weighted by molar-refractivity contribution is -0.127. The van der Waals surface area contributed by atoms with Gasteiger partial charge in [0.05, 0.1) is 17.8 Å². The fourth-order valence-electron chi connectivity index (χ4n) is 5.30. The summed E-state index contributed by atoms with van der Waals surface area (Å²) in [6, 6.07) is 25.4. The normalized spacial score (nSPS) is 13.2. The molecule has 1 fully saturated rings. The first-order valence-corrected chi connectivity index (χ1v) is 15.1. The van der Waals surface area contributed by atoms with Crippen LogP contribution in [0.4, 0.5) is 0 Å². The number of nitriles is 1. The van der Waals surface area contributed by atoms with Crippen LogP contribution in [0, 0.1) is 25.2 Å². The van der Waals surface area contributed by atoms with Crippen molar-refractivity contribution in [2.75, 3.05) is 32.8 Å². The maximum atomic E-state index is 12.9. The molecule has 4 aromatic rings. The SMILES string of the molecule is Br.Cc1cc(/C=C/C(=O)N2CCN(Cc3ccc(CCO)cc3)CC2)cc(C)c1Oc1ccc(OCc2ccc(C#N)cc2)cn1. The zero-order valence-corrected chi connectivity index (χ0v) is 27.9. The fraction of sp³-hybridized carbons (Fsp3) is 0.270. The van der Waals surface area contributed by atoms with Crippen LogP contribution in [0.25, 0.3) is 6.08 Å². The molecule has 3 aromatic carbocycles. The fourth-order valence-corrected chi connectivity index (χ4v) is 5.30. The number of benzene rings is 3. The topological polar surface area (TPSA) is 98.9 Å². The van der Waals surface area contributed by atoms with E-state index >= 15 is 0 Å². The highest BCUT2D eigenvalue weighted by Gasteiger charge is 2.20. The van der Waals surface area contributed by atoms with Crippen molar-refractivity contribution in [1.29, 1.82) is 5.26 Å². The van der Waals surface area contributed by atoms with Gasteiger partial charge in [0.15, 0.2) is 0 Å². The number of hydrogen-bond acceptors (Lipinski definition) is 7. The molecule has 2 heterocycles. The van der Waals surface area contributed by atoms with E-state index in [4.69, 9.17) is 19.8 Å². The van der Waals surface area contributed by atoms with Crippen LogP contribution in [-0.4, -0.2) is 58.6 Å². The molecule has 1 aliphatic rings. The summed E-state index contributed by atoms with van der Waals surface area (Å²) >= 11 is 0. The number of hydrogen-bond donors (Lipinski definition) is 1. The molecule has 1 aromatic heterocycles. The number of carbonyl (C=O) groups is 1. The Hall–Kier alpha value is -4.49. The van der Waals surface area contributed by atoms with Crippen molar-refractivity contribution in [2.24, 2.45) is 0 Å². The van der Waals surface area contributed by atoms with Gasteiger partial charge in [0, 0.05) is 51.5 Å². The predicted octanol–water partition coefficient (Wildman–Crippen LogP) is 6.41. The maximum absolute atomic E-state index is 12.9. The Bertz CT molecular complexity index is 1640. The van der Waals surface area contributed by atoms with Crippen molar-refractivity contribution in [3.05, 3.63) is 124 Å². The summed E-state index contributed by atoms with van der Waals surface area (Å²) in [6.45, 7) is 8.43. The van der Waals surface area contributed by atoms with E-state index in [0.717, 1.165) is 53.2 Å². The third kappa shape index (κ3) is 9.51. The number of piperazine rings is 1. The molecule has 0 spiro atoms. The molecule has 1 amide bonds.